The fourth-order valence-electron chi connectivity index (χ4n) is 2.14. The minimum atomic E-state index is -3.80. The van der Waals surface area contributed by atoms with E-state index >= 15 is 0 Å². The van der Waals surface area contributed by atoms with Gasteiger partial charge in [0.05, 0.1) is 13.7 Å². The second kappa shape index (κ2) is 4.84. The lowest BCUT2D eigenvalue weighted by atomic mass is 10.1. The highest BCUT2D eigenvalue weighted by molar-refractivity contribution is 7.50. The van der Waals surface area contributed by atoms with Gasteiger partial charge in [-0.15, -0.1) is 0 Å². The molecule has 1 aromatic rings. The van der Waals surface area contributed by atoms with Crippen LogP contribution in [0.25, 0.3) is 0 Å². The van der Waals surface area contributed by atoms with Crippen LogP contribution < -0.4 is 18.3 Å². The Hall–Kier alpha value is -2.34. The van der Waals surface area contributed by atoms with Gasteiger partial charge < -0.3 is 28.2 Å². The summed E-state index contributed by atoms with van der Waals surface area (Å²) in [5.74, 6) is -0.615. The molecule has 0 aliphatic carbocycles. The number of fused-ring (bicyclic) bond motifs is 2. The molecule has 0 spiro atoms. The van der Waals surface area contributed by atoms with Crippen molar-refractivity contribution in [3.8, 4) is 28.7 Å². The highest BCUT2D eigenvalue weighted by Crippen LogP contribution is 2.72. The quantitative estimate of drug-likeness (QED) is 0.499. The molecule has 1 unspecified atom stereocenters. The Balaban J connectivity index is 1.91. The minimum absolute atomic E-state index is 0.0251. The topological polar surface area (TPSA) is 101 Å². The van der Waals surface area contributed by atoms with E-state index in [9.17, 15) is 14.5 Å². The van der Waals surface area contributed by atoms with E-state index < -0.39 is 13.8 Å². The molecule has 118 valence electrons. The number of carbonyl (C=O) groups is 1. The first-order chi connectivity index (χ1) is 10.4. The molecule has 2 aliphatic rings. The molecule has 22 heavy (non-hydrogen) atoms. The number of carbonyl (C=O) groups excluding carboxylic acids is 1. The molecule has 1 aromatic carbocycles. The van der Waals surface area contributed by atoms with Crippen LogP contribution in [0.1, 0.15) is 12.5 Å². The number of benzene rings is 1. The molecular weight excluding hydrogens is 315 g/mol. The van der Waals surface area contributed by atoms with Gasteiger partial charge in [0, 0.05) is 17.6 Å². The van der Waals surface area contributed by atoms with Crippen LogP contribution in [0.15, 0.2) is 12.2 Å². The van der Waals surface area contributed by atoms with Crippen LogP contribution in [0.4, 0.5) is 0 Å². The Bertz CT molecular complexity index is 738. The van der Waals surface area contributed by atoms with Gasteiger partial charge in [-0.1, -0.05) is 6.58 Å². The molecule has 0 amide bonds. The molecule has 1 N–H and O–H groups in total. The maximum absolute atomic E-state index is 12.1. The zero-order valence-corrected chi connectivity index (χ0v) is 12.8. The monoisotopic (exact) mass is 328 g/mol. The third kappa shape index (κ3) is 2.07. The first-order valence-electron chi connectivity index (χ1n) is 6.33. The van der Waals surface area contributed by atoms with Crippen LogP contribution in [0, 0.1) is 0 Å². The Kier molecular flexibility index (Phi) is 3.21. The van der Waals surface area contributed by atoms with E-state index in [2.05, 4.69) is 6.58 Å². The standard InChI is InChI=1S/C13H13O8P/c1-6(2)13(15)18-5-4-7-8(14)10-12-11(17-3)9(7)19-22(16,20-10)21-12/h14H,1,4-5H2,2-3H3. The van der Waals surface area contributed by atoms with Gasteiger partial charge in [0.25, 0.3) is 0 Å². The van der Waals surface area contributed by atoms with Gasteiger partial charge in [-0.05, 0) is 6.92 Å². The van der Waals surface area contributed by atoms with Crippen LogP contribution in [-0.2, 0) is 20.5 Å². The predicted octanol–water partition coefficient (Wildman–Crippen LogP) is 2.33. The van der Waals surface area contributed by atoms with E-state index in [1.54, 1.807) is 0 Å². The largest absolute Gasteiger partial charge is 0.647 e. The van der Waals surface area contributed by atoms with Gasteiger partial charge in [-0.25, -0.2) is 4.79 Å². The Morgan fingerprint density at radius 2 is 1.91 bits per heavy atom. The number of hydrogen-bond donors (Lipinski definition) is 1. The van der Waals surface area contributed by atoms with Crippen molar-refractivity contribution < 1.29 is 37.5 Å². The maximum atomic E-state index is 12.1. The summed E-state index contributed by atoms with van der Waals surface area (Å²) >= 11 is 0. The third-order valence-corrected chi connectivity index (χ3v) is 4.36. The van der Waals surface area contributed by atoms with Crippen molar-refractivity contribution in [1.82, 2.24) is 0 Å². The van der Waals surface area contributed by atoms with Crippen molar-refractivity contribution in [3.63, 3.8) is 0 Å². The second-order valence-electron chi connectivity index (χ2n) is 4.74. The average Bonchev–Trinajstić information content (AvgIpc) is 2.70. The Labute approximate surface area is 125 Å². The number of phosphoric ester groups is 1. The predicted molar refractivity (Wildman–Crippen MR) is 73.6 cm³/mol. The molecule has 0 fully saturated rings. The van der Waals surface area contributed by atoms with Crippen LogP contribution in [0.3, 0.4) is 0 Å². The normalized spacial score (nSPS) is 19.9. The molecule has 3 bridgehead atoms. The van der Waals surface area contributed by atoms with Crippen LogP contribution in [-0.4, -0.2) is 24.8 Å². The van der Waals surface area contributed by atoms with Gasteiger partial charge in [0.1, 0.15) is 0 Å². The van der Waals surface area contributed by atoms with Gasteiger partial charge in [0.15, 0.2) is 11.5 Å². The van der Waals surface area contributed by atoms with E-state index in [1.807, 2.05) is 0 Å². The molecule has 8 nitrogen and oxygen atoms in total. The molecule has 0 radical (unpaired) electrons. The number of phenols is 1. The van der Waals surface area contributed by atoms with E-state index in [1.165, 1.54) is 14.0 Å². The fourth-order valence-corrected chi connectivity index (χ4v) is 3.45. The van der Waals surface area contributed by atoms with Gasteiger partial charge in [0.2, 0.25) is 17.2 Å². The van der Waals surface area contributed by atoms with Crippen molar-refractivity contribution >= 4 is 13.8 Å². The first-order valence-corrected chi connectivity index (χ1v) is 7.79. The zero-order valence-electron chi connectivity index (χ0n) is 11.9. The Morgan fingerprint density at radius 1 is 1.27 bits per heavy atom. The number of phosphoric acid groups is 1. The SMILES string of the molecule is C=C(C)C(=O)OCCc1c(O)c2c3c(OC)c1OP(=O)(O2)O3. The molecule has 0 saturated carbocycles. The molecule has 9 heteroatoms. The number of ether oxygens (including phenoxy) is 2. The summed E-state index contributed by atoms with van der Waals surface area (Å²) in [6.07, 6.45) is 0.118. The molecule has 0 saturated heterocycles. The van der Waals surface area contributed by atoms with E-state index in [-0.39, 0.29) is 52.9 Å². The van der Waals surface area contributed by atoms with Crippen molar-refractivity contribution in [3.05, 3.63) is 17.7 Å². The summed E-state index contributed by atoms with van der Waals surface area (Å²) in [6, 6.07) is 0. The smallest absolute Gasteiger partial charge is 0.504 e. The van der Waals surface area contributed by atoms with Gasteiger partial charge >= 0.3 is 13.8 Å². The summed E-state index contributed by atoms with van der Waals surface area (Å²) in [5.41, 5.74) is 0.534. The zero-order chi connectivity index (χ0) is 16.1. The van der Waals surface area contributed by atoms with Gasteiger partial charge in [-0.3, -0.25) is 0 Å². The number of rotatable bonds is 5. The molecule has 1 atom stereocenters. The number of phenolic OH excluding ortho intramolecular Hbond substituents is 1. The maximum Gasteiger partial charge on any atom is 0.647 e. The highest BCUT2D eigenvalue weighted by Gasteiger charge is 2.52. The highest BCUT2D eigenvalue weighted by atomic mass is 31.2. The number of aromatic hydroxyl groups is 1. The van der Waals surface area contributed by atoms with Crippen molar-refractivity contribution in [2.75, 3.05) is 13.7 Å². The van der Waals surface area contributed by atoms with Crippen molar-refractivity contribution in [2.24, 2.45) is 0 Å². The fraction of sp³-hybridized carbons (Fsp3) is 0.308. The van der Waals surface area contributed by atoms with Crippen LogP contribution in [0.2, 0.25) is 0 Å². The molecule has 3 rings (SSSR count). The average molecular weight is 328 g/mol. The van der Waals surface area contributed by atoms with Crippen molar-refractivity contribution in [1.29, 1.82) is 0 Å². The lowest BCUT2D eigenvalue weighted by Crippen LogP contribution is -2.10. The molecule has 2 heterocycles. The van der Waals surface area contributed by atoms with E-state index in [4.69, 9.17) is 23.0 Å². The summed E-state index contributed by atoms with van der Waals surface area (Å²) in [4.78, 5) is 11.4. The molecule has 2 aliphatic heterocycles. The number of methoxy groups -OCH3 is 1. The number of hydrogen-bond acceptors (Lipinski definition) is 8. The summed E-state index contributed by atoms with van der Waals surface area (Å²) in [5, 5.41) is 10.2. The summed E-state index contributed by atoms with van der Waals surface area (Å²) in [7, 11) is -2.42. The number of esters is 1. The minimum Gasteiger partial charge on any atom is -0.504 e. The lowest BCUT2D eigenvalue weighted by Gasteiger charge is -2.20. The van der Waals surface area contributed by atoms with Crippen LogP contribution in [0.5, 0.6) is 28.7 Å². The second-order valence-corrected chi connectivity index (χ2v) is 6.18. The van der Waals surface area contributed by atoms with E-state index in [0.29, 0.717) is 0 Å². The van der Waals surface area contributed by atoms with E-state index in [0.717, 1.165) is 0 Å². The van der Waals surface area contributed by atoms with Gasteiger partial charge in [-0.2, -0.15) is 4.57 Å². The molecule has 0 aromatic heterocycles. The first kappa shape index (κ1) is 14.6. The third-order valence-electron chi connectivity index (χ3n) is 3.14. The Morgan fingerprint density at radius 3 is 2.55 bits per heavy atom. The lowest BCUT2D eigenvalue weighted by molar-refractivity contribution is -0.138. The van der Waals surface area contributed by atoms with Crippen LogP contribution >= 0.6 is 7.82 Å². The molecular formula is C13H13O8P. The summed E-state index contributed by atoms with van der Waals surface area (Å²) < 4.78 is 37.5. The van der Waals surface area contributed by atoms with Crippen molar-refractivity contribution in [2.45, 2.75) is 13.3 Å². The summed E-state index contributed by atoms with van der Waals surface area (Å²) in [6.45, 7) is 4.97.